The van der Waals surface area contributed by atoms with Crippen molar-refractivity contribution in [2.24, 2.45) is 0 Å². The smallest absolute Gasteiger partial charge is 0.356 e. The summed E-state index contributed by atoms with van der Waals surface area (Å²) in [6.45, 7) is 0. The van der Waals surface area contributed by atoms with E-state index < -0.39 is 5.97 Å². The van der Waals surface area contributed by atoms with Gasteiger partial charge in [-0.05, 0) is 30.3 Å². The molecular formula is C14H9N5O2. The van der Waals surface area contributed by atoms with Crippen molar-refractivity contribution < 1.29 is 9.90 Å². The van der Waals surface area contributed by atoms with Gasteiger partial charge in [-0.25, -0.2) is 9.48 Å². The van der Waals surface area contributed by atoms with E-state index in [0.29, 0.717) is 11.4 Å². The van der Waals surface area contributed by atoms with Crippen LogP contribution in [-0.2, 0) is 0 Å². The maximum Gasteiger partial charge on any atom is 0.356 e. The average molecular weight is 279 g/mol. The van der Waals surface area contributed by atoms with E-state index in [0.717, 1.165) is 0 Å². The molecule has 21 heavy (non-hydrogen) atoms. The molecule has 1 heterocycles. The number of carboxylic acids is 1. The lowest BCUT2D eigenvalue weighted by molar-refractivity contribution is 0.0690. The number of carboxylic acid groups (broad SMARTS) is 1. The SMILES string of the molecule is N#CC(C#N)=CNc1ccc(-n2ccc(C(=O)O)n2)cc1. The van der Waals surface area contributed by atoms with Crippen molar-refractivity contribution in [2.45, 2.75) is 0 Å². The number of nitriles is 2. The molecule has 0 spiro atoms. The van der Waals surface area contributed by atoms with Crippen LogP contribution in [0.1, 0.15) is 10.5 Å². The second-order valence-electron chi connectivity index (χ2n) is 3.92. The van der Waals surface area contributed by atoms with Gasteiger partial charge >= 0.3 is 5.97 Å². The van der Waals surface area contributed by atoms with Gasteiger partial charge in [-0.2, -0.15) is 15.6 Å². The molecule has 0 aliphatic carbocycles. The Morgan fingerprint density at radius 1 is 1.24 bits per heavy atom. The van der Waals surface area contributed by atoms with Gasteiger partial charge in [0.1, 0.15) is 17.7 Å². The molecule has 0 radical (unpaired) electrons. The first-order chi connectivity index (χ1) is 10.1. The molecule has 0 saturated carbocycles. The Bertz CT molecular complexity index is 759. The minimum absolute atomic E-state index is 0.0303. The molecule has 1 aromatic heterocycles. The molecule has 7 heteroatoms. The number of aromatic carboxylic acids is 1. The van der Waals surface area contributed by atoms with Crippen LogP contribution in [-0.4, -0.2) is 20.9 Å². The summed E-state index contributed by atoms with van der Waals surface area (Å²) >= 11 is 0. The molecule has 0 aliphatic rings. The van der Waals surface area contributed by atoms with E-state index in [2.05, 4.69) is 10.4 Å². The van der Waals surface area contributed by atoms with Gasteiger partial charge in [0.15, 0.2) is 5.69 Å². The number of nitrogens with one attached hydrogen (secondary N) is 1. The zero-order valence-electron chi connectivity index (χ0n) is 10.7. The number of benzene rings is 1. The lowest BCUT2D eigenvalue weighted by Crippen LogP contribution is -2.01. The van der Waals surface area contributed by atoms with Crippen molar-refractivity contribution in [3.05, 3.63) is 54.0 Å². The standard InChI is InChI=1S/C14H9N5O2/c15-7-10(8-16)9-17-11-1-3-12(4-2-11)19-6-5-13(18-19)14(20)21/h1-6,9,17H,(H,20,21). The molecule has 2 aromatic rings. The quantitative estimate of drug-likeness (QED) is 0.826. The molecule has 0 amide bonds. The highest BCUT2D eigenvalue weighted by Crippen LogP contribution is 2.13. The van der Waals surface area contributed by atoms with Gasteiger partial charge in [-0.15, -0.1) is 0 Å². The third-order valence-electron chi connectivity index (χ3n) is 2.56. The van der Waals surface area contributed by atoms with Crippen LogP contribution in [0.15, 0.2) is 48.3 Å². The Hall–Kier alpha value is -3.58. The monoisotopic (exact) mass is 279 g/mol. The molecule has 102 valence electrons. The summed E-state index contributed by atoms with van der Waals surface area (Å²) < 4.78 is 1.44. The molecule has 0 bridgehead atoms. The number of carbonyl (C=O) groups is 1. The van der Waals surface area contributed by atoms with E-state index in [1.54, 1.807) is 42.6 Å². The van der Waals surface area contributed by atoms with Crippen LogP contribution in [0.2, 0.25) is 0 Å². The van der Waals surface area contributed by atoms with Crippen LogP contribution in [0.25, 0.3) is 5.69 Å². The normalized spacial score (nSPS) is 9.24. The fraction of sp³-hybridized carbons (Fsp3) is 0. The van der Waals surface area contributed by atoms with Crippen molar-refractivity contribution in [1.82, 2.24) is 9.78 Å². The largest absolute Gasteiger partial charge is 0.476 e. The van der Waals surface area contributed by atoms with Crippen molar-refractivity contribution in [1.29, 1.82) is 10.5 Å². The highest BCUT2D eigenvalue weighted by Gasteiger charge is 2.07. The van der Waals surface area contributed by atoms with Crippen LogP contribution in [0.5, 0.6) is 0 Å². The van der Waals surface area contributed by atoms with E-state index in [9.17, 15) is 4.79 Å². The van der Waals surface area contributed by atoms with Gasteiger partial charge in [0.2, 0.25) is 0 Å². The van der Waals surface area contributed by atoms with Gasteiger partial charge in [-0.3, -0.25) is 0 Å². The summed E-state index contributed by atoms with van der Waals surface area (Å²) in [5, 5.41) is 32.7. The van der Waals surface area contributed by atoms with Crippen LogP contribution in [0, 0.1) is 22.7 Å². The van der Waals surface area contributed by atoms with Gasteiger partial charge in [0, 0.05) is 18.1 Å². The molecule has 0 unspecified atom stereocenters. The topological polar surface area (TPSA) is 115 Å². The summed E-state index contributed by atoms with van der Waals surface area (Å²) in [5.74, 6) is -1.09. The molecule has 1 aromatic carbocycles. The predicted molar refractivity (Wildman–Crippen MR) is 73.5 cm³/mol. The minimum Gasteiger partial charge on any atom is -0.476 e. The molecule has 0 fully saturated rings. The Balaban J connectivity index is 2.15. The van der Waals surface area contributed by atoms with Gasteiger partial charge in [-0.1, -0.05) is 0 Å². The van der Waals surface area contributed by atoms with Crippen molar-refractivity contribution in [2.75, 3.05) is 5.32 Å². The van der Waals surface area contributed by atoms with Crippen molar-refractivity contribution in [3.8, 4) is 17.8 Å². The fourth-order valence-corrected chi connectivity index (χ4v) is 1.54. The summed E-state index contributed by atoms with van der Waals surface area (Å²) in [6.07, 6.45) is 2.86. The Kier molecular flexibility index (Phi) is 3.98. The third kappa shape index (κ3) is 3.25. The molecule has 2 rings (SSSR count). The summed E-state index contributed by atoms with van der Waals surface area (Å²) in [7, 11) is 0. The van der Waals surface area contributed by atoms with Gasteiger partial charge in [0.05, 0.1) is 5.69 Å². The highest BCUT2D eigenvalue weighted by atomic mass is 16.4. The predicted octanol–water partition coefficient (Wildman–Crippen LogP) is 1.91. The Labute approximate surface area is 120 Å². The lowest BCUT2D eigenvalue weighted by atomic mass is 10.2. The third-order valence-corrected chi connectivity index (χ3v) is 2.56. The number of allylic oxidation sites excluding steroid dienone is 1. The molecule has 7 nitrogen and oxygen atoms in total. The molecule has 0 saturated heterocycles. The van der Waals surface area contributed by atoms with Crippen LogP contribution >= 0.6 is 0 Å². The summed E-state index contributed by atoms with van der Waals surface area (Å²) in [4.78, 5) is 10.8. The second-order valence-corrected chi connectivity index (χ2v) is 3.92. The van der Waals surface area contributed by atoms with E-state index in [1.165, 1.54) is 16.9 Å². The van der Waals surface area contributed by atoms with E-state index >= 15 is 0 Å². The number of nitrogens with zero attached hydrogens (tertiary/aromatic N) is 4. The Morgan fingerprint density at radius 2 is 1.90 bits per heavy atom. The molecule has 0 atom stereocenters. The van der Waals surface area contributed by atoms with E-state index in [-0.39, 0.29) is 11.3 Å². The number of hydrogen-bond acceptors (Lipinski definition) is 5. The zero-order chi connectivity index (χ0) is 15.2. The lowest BCUT2D eigenvalue weighted by Gasteiger charge is -2.04. The van der Waals surface area contributed by atoms with Crippen LogP contribution < -0.4 is 5.32 Å². The fourth-order valence-electron chi connectivity index (χ4n) is 1.54. The average Bonchev–Trinajstić information content (AvgIpc) is 2.99. The number of anilines is 1. The number of rotatable bonds is 4. The first-order valence-electron chi connectivity index (χ1n) is 5.80. The molecule has 0 aliphatic heterocycles. The number of aromatic nitrogens is 2. The van der Waals surface area contributed by atoms with Gasteiger partial charge < -0.3 is 10.4 Å². The minimum atomic E-state index is -1.09. The number of hydrogen-bond donors (Lipinski definition) is 2. The van der Waals surface area contributed by atoms with E-state index in [4.69, 9.17) is 15.6 Å². The maximum atomic E-state index is 10.8. The van der Waals surface area contributed by atoms with Gasteiger partial charge in [0.25, 0.3) is 0 Å². The highest BCUT2D eigenvalue weighted by molar-refractivity contribution is 5.85. The first-order valence-corrected chi connectivity index (χ1v) is 5.80. The summed E-state index contributed by atoms with van der Waals surface area (Å²) in [6, 6.07) is 11.8. The van der Waals surface area contributed by atoms with E-state index in [1.807, 2.05) is 0 Å². The van der Waals surface area contributed by atoms with Crippen LogP contribution in [0.4, 0.5) is 5.69 Å². The van der Waals surface area contributed by atoms with Crippen molar-refractivity contribution >= 4 is 11.7 Å². The Morgan fingerprint density at radius 3 is 2.43 bits per heavy atom. The molecular weight excluding hydrogens is 270 g/mol. The second kappa shape index (κ2) is 6.04. The van der Waals surface area contributed by atoms with Crippen LogP contribution in [0.3, 0.4) is 0 Å². The van der Waals surface area contributed by atoms with Crippen molar-refractivity contribution in [3.63, 3.8) is 0 Å². The molecule has 2 N–H and O–H groups in total. The zero-order valence-corrected chi connectivity index (χ0v) is 10.7. The maximum absolute atomic E-state index is 10.8. The summed E-state index contributed by atoms with van der Waals surface area (Å²) in [5.41, 5.74) is 1.32. The first kappa shape index (κ1) is 13.8.